The zero-order valence-electron chi connectivity index (χ0n) is 8.88. The highest BCUT2D eigenvalue weighted by Crippen LogP contribution is 2.24. The van der Waals surface area contributed by atoms with E-state index in [9.17, 15) is 0 Å². The van der Waals surface area contributed by atoms with Gasteiger partial charge in [-0.2, -0.15) is 0 Å². The Labute approximate surface area is 87.9 Å². The first-order valence-electron chi connectivity index (χ1n) is 5.20. The Balaban J connectivity index is 2.58. The summed E-state index contributed by atoms with van der Waals surface area (Å²) in [6.45, 7) is 4.37. The number of aromatic nitrogens is 3. The molecular formula is C12H13N3. The van der Waals surface area contributed by atoms with Crippen molar-refractivity contribution < 1.29 is 0 Å². The molecule has 3 rings (SSSR count). The standard InChI is InChI=1S/C12H13N3/c1-9(2)15-11-6-4-3-5-10(11)12-7-13-8-14(12)15/h3-9H,1-2H3. The van der Waals surface area contributed by atoms with E-state index in [0.717, 1.165) is 0 Å². The first kappa shape index (κ1) is 8.53. The molecule has 0 atom stereocenters. The van der Waals surface area contributed by atoms with Crippen LogP contribution in [0.25, 0.3) is 16.4 Å². The van der Waals surface area contributed by atoms with Crippen LogP contribution in [0.5, 0.6) is 0 Å². The van der Waals surface area contributed by atoms with E-state index in [-0.39, 0.29) is 0 Å². The predicted molar refractivity (Wildman–Crippen MR) is 61.1 cm³/mol. The summed E-state index contributed by atoms with van der Waals surface area (Å²) in [6, 6.07) is 8.88. The second kappa shape index (κ2) is 2.86. The molecule has 3 heteroatoms. The van der Waals surface area contributed by atoms with Gasteiger partial charge in [-0.25, -0.2) is 9.50 Å². The summed E-state index contributed by atoms with van der Waals surface area (Å²) >= 11 is 0. The SMILES string of the molecule is CC(C)n1c2ccccc2c2cncn21. The maximum absolute atomic E-state index is 4.20. The average molecular weight is 199 g/mol. The molecule has 0 amide bonds. The monoisotopic (exact) mass is 199 g/mol. The van der Waals surface area contributed by atoms with Gasteiger partial charge in [-0.05, 0) is 19.9 Å². The number of hydrogen-bond donors (Lipinski definition) is 0. The van der Waals surface area contributed by atoms with Gasteiger partial charge in [0.2, 0.25) is 0 Å². The molecule has 0 saturated carbocycles. The number of imidazole rings is 1. The summed E-state index contributed by atoms with van der Waals surface area (Å²) in [5, 5.41) is 1.27. The summed E-state index contributed by atoms with van der Waals surface area (Å²) in [4.78, 5) is 4.20. The van der Waals surface area contributed by atoms with Crippen LogP contribution >= 0.6 is 0 Å². The van der Waals surface area contributed by atoms with Crippen molar-refractivity contribution in [3.63, 3.8) is 0 Å². The molecule has 0 aliphatic heterocycles. The molecule has 1 aromatic carbocycles. The Kier molecular flexibility index (Phi) is 1.63. The molecule has 0 radical (unpaired) electrons. The lowest BCUT2D eigenvalue weighted by molar-refractivity contribution is 0.522. The summed E-state index contributed by atoms with van der Waals surface area (Å²) in [6.07, 6.45) is 3.79. The van der Waals surface area contributed by atoms with E-state index in [1.165, 1.54) is 16.4 Å². The zero-order chi connectivity index (χ0) is 10.4. The predicted octanol–water partition coefficient (Wildman–Crippen LogP) is 2.87. The van der Waals surface area contributed by atoms with E-state index in [0.29, 0.717) is 6.04 Å². The lowest BCUT2D eigenvalue weighted by Gasteiger charge is -2.10. The molecule has 0 saturated heterocycles. The van der Waals surface area contributed by atoms with E-state index in [1.54, 1.807) is 0 Å². The Bertz CT molecular complexity index is 616. The molecule has 0 fully saturated rings. The van der Waals surface area contributed by atoms with Gasteiger partial charge in [0.1, 0.15) is 6.33 Å². The number of benzene rings is 1. The van der Waals surface area contributed by atoms with Gasteiger partial charge in [0.05, 0.1) is 17.2 Å². The Morgan fingerprint density at radius 3 is 2.73 bits per heavy atom. The fraction of sp³-hybridized carbons (Fsp3) is 0.250. The lowest BCUT2D eigenvalue weighted by atomic mass is 10.2. The van der Waals surface area contributed by atoms with Crippen LogP contribution in [0.3, 0.4) is 0 Å². The molecule has 0 spiro atoms. The van der Waals surface area contributed by atoms with Gasteiger partial charge in [-0.15, -0.1) is 0 Å². The zero-order valence-corrected chi connectivity index (χ0v) is 8.88. The van der Waals surface area contributed by atoms with Gasteiger partial charge in [0.25, 0.3) is 0 Å². The molecule has 76 valence electrons. The molecule has 0 unspecified atom stereocenters. The van der Waals surface area contributed by atoms with Crippen LogP contribution in [-0.2, 0) is 0 Å². The average Bonchev–Trinajstić information content (AvgIpc) is 2.75. The van der Waals surface area contributed by atoms with Crippen LogP contribution in [0.4, 0.5) is 0 Å². The van der Waals surface area contributed by atoms with Gasteiger partial charge < -0.3 is 0 Å². The molecule has 3 aromatic rings. The first-order valence-corrected chi connectivity index (χ1v) is 5.20. The number of rotatable bonds is 1. The van der Waals surface area contributed by atoms with Crippen molar-refractivity contribution >= 4 is 16.4 Å². The van der Waals surface area contributed by atoms with E-state index >= 15 is 0 Å². The summed E-state index contributed by atoms with van der Waals surface area (Å²) in [5.41, 5.74) is 2.45. The minimum absolute atomic E-state index is 0.432. The van der Waals surface area contributed by atoms with Crippen LogP contribution in [0.2, 0.25) is 0 Å². The highest BCUT2D eigenvalue weighted by atomic mass is 15.4. The molecule has 2 aromatic heterocycles. The number of fused-ring (bicyclic) bond motifs is 3. The van der Waals surface area contributed by atoms with Crippen molar-refractivity contribution in [1.82, 2.24) is 14.2 Å². The third-order valence-electron chi connectivity index (χ3n) is 2.77. The van der Waals surface area contributed by atoms with Gasteiger partial charge in [-0.1, -0.05) is 18.2 Å². The van der Waals surface area contributed by atoms with Crippen LogP contribution in [0, 0.1) is 0 Å². The Morgan fingerprint density at radius 1 is 1.13 bits per heavy atom. The van der Waals surface area contributed by atoms with Gasteiger partial charge in [0, 0.05) is 11.4 Å². The highest BCUT2D eigenvalue weighted by Gasteiger charge is 2.11. The van der Waals surface area contributed by atoms with E-state index in [2.05, 4.69) is 52.3 Å². The maximum Gasteiger partial charge on any atom is 0.115 e. The molecule has 0 N–H and O–H groups in total. The molecule has 15 heavy (non-hydrogen) atoms. The quantitative estimate of drug-likeness (QED) is 0.590. The van der Waals surface area contributed by atoms with E-state index in [4.69, 9.17) is 0 Å². The second-order valence-corrected chi connectivity index (χ2v) is 4.08. The van der Waals surface area contributed by atoms with E-state index < -0.39 is 0 Å². The maximum atomic E-state index is 4.20. The third kappa shape index (κ3) is 1.03. The van der Waals surface area contributed by atoms with Crippen molar-refractivity contribution in [2.24, 2.45) is 0 Å². The topological polar surface area (TPSA) is 22.2 Å². The summed E-state index contributed by atoms with van der Waals surface area (Å²) < 4.78 is 4.38. The van der Waals surface area contributed by atoms with Crippen molar-refractivity contribution in [3.8, 4) is 0 Å². The minimum Gasteiger partial charge on any atom is -0.277 e. The van der Waals surface area contributed by atoms with Gasteiger partial charge >= 0.3 is 0 Å². The number of nitrogens with zero attached hydrogens (tertiary/aromatic N) is 3. The highest BCUT2D eigenvalue weighted by molar-refractivity contribution is 5.94. The van der Waals surface area contributed by atoms with Crippen LogP contribution in [0.1, 0.15) is 19.9 Å². The molecule has 0 bridgehead atoms. The molecule has 0 aliphatic carbocycles. The Morgan fingerprint density at radius 2 is 1.93 bits per heavy atom. The fourth-order valence-corrected chi connectivity index (χ4v) is 2.19. The first-order chi connectivity index (χ1) is 7.29. The Hall–Kier alpha value is -1.77. The van der Waals surface area contributed by atoms with Gasteiger partial charge in [-0.3, -0.25) is 4.68 Å². The lowest BCUT2D eigenvalue weighted by Crippen LogP contribution is -2.06. The molecule has 3 nitrogen and oxygen atoms in total. The molecular weight excluding hydrogens is 186 g/mol. The van der Waals surface area contributed by atoms with Crippen molar-refractivity contribution in [1.29, 1.82) is 0 Å². The third-order valence-corrected chi connectivity index (χ3v) is 2.77. The second-order valence-electron chi connectivity index (χ2n) is 4.08. The fourth-order valence-electron chi connectivity index (χ4n) is 2.19. The summed E-state index contributed by atoms with van der Waals surface area (Å²) in [5.74, 6) is 0. The van der Waals surface area contributed by atoms with Crippen molar-refractivity contribution in [2.45, 2.75) is 19.9 Å². The van der Waals surface area contributed by atoms with Crippen LogP contribution in [0.15, 0.2) is 36.8 Å². The van der Waals surface area contributed by atoms with Gasteiger partial charge in [0.15, 0.2) is 0 Å². The van der Waals surface area contributed by atoms with Crippen molar-refractivity contribution in [2.75, 3.05) is 0 Å². The normalized spacial score (nSPS) is 11.9. The van der Waals surface area contributed by atoms with Crippen LogP contribution < -0.4 is 0 Å². The van der Waals surface area contributed by atoms with Crippen LogP contribution in [-0.4, -0.2) is 14.2 Å². The van der Waals surface area contributed by atoms with E-state index in [1.807, 2.05) is 12.5 Å². The smallest absolute Gasteiger partial charge is 0.115 e. The minimum atomic E-state index is 0.432. The molecule has 2 heterocycles. The van der Waals surface area contributed by atoms with Crippen molar-refractivity contribution in [3.05, 3.63) is 36.8 Å². The number of hydrogen-bond acceptors (Lipinski definition) is 1. The summed E-state index contributed by atoms with van der Waals surface area (Å²) in [7, 11) is 0. The largest absolute Gasteiger partial charge is 0.277 e. The number of para-hydroxylation sites is 1. The molecule has 0 aliphatic rings.